The number of amides is 1. The number of aromatic nitrogens is 1. The van der Waals surface area contributed by atoms with Gasteiger partial charge in [0.05, 0.1) is 12.7 Å². The van der Waals surface area contributed by atoms with Gasteiger partial charge in [0.15, 0.2) is 0 Å². The summed E-state index contributed by atoms with van der Waals surface area (Å²) >= 11 is 0. The van der Waals surface area contributed by atoms with Crippen LogP contribution < -0.4 is 9.64 Å². The average Bonchev–Trinajstić information content (AvgIpc) is 2.93. The van der Waals surface area contributed by atoms with Crippen molar-refractivity contribution in [2.24, 2.45) is 7.05 Å². The number of fused-ring (bicyclic) bond motifs is 1. The fraction of sp³-hybridized carbons (Fsp3) is 0.286. The minimum Gasteiger partial charge on any atom is -0.497 e. The van der Waals surface area contributed by atoms with Crippen molar-refractivity contribution in [3.05, 3.63) is 59.8 Å². The molecule has 4 heteroatoms. The van der Waals surface area contributed by atoms with Gasteiger partial charge in [-0.05, 0) is 36.8 Å². The first-order chi connectivity index (χ1) is 12.1. The van der Waals surface area contributed by atoms with Crippen molar-refractivity contribution in [1.82, 2.24) is 4.57 Å². The van der Waals surface area contributed by atoms with E-state index in [-0.39, 0.29) is 5.91 Å². The Hall–Kier alpha value is -2.75. The Morgan fingerprint density at radius 1 is 1.12 bits per heavy atom. The van der Waals surface area contributed by atoms with Crippen molar-refractivity contribution >= 4 is 22.5 Å². The smallest absolute Gasteiger partial charge is 0.260 e. The maximum absolute atomic E-state index is 13.3. The molecule has 0 unspecified atom stereocenters. The highest BCUT2D eigenvalue weighted by molar-refractivity contribution is 6.15. The van der Waals surface area contributed by atoms with Crippen LogP contribution in [0.25, 0.3) is 10.9 Å². The third kappa shape index (κ3) is 3.00. The van der Waals surface area contributed by atoms with Gasteiger partial charge in [-0.1, -0.05) is 31.5 Å². The Morgan fingerprint density at radius 3 is 2.44 bits per heavy atom. The van der Waals surface area contributed by atoms with Gasteiger partial charge >= 0.3 is 0 Å². The Labute approximate surface area is 148 Å². The molecular formula is C21H24N2O2. The number of nitrogens with zero attached hydrogens (tertiary/aromatic N) is 2. The maximum atomic E-state index is 13.3. The maximum Gasteiger partial charge on any atom is 0.260 e. The second-order valence-electron chi connectivity index (χ2n) is 6.21. The SMILES string of the molecule is CCCc1c(C(=O)N(C)c2ccc(OC)cc2)c2ccccc2n1C. The normalized spacial score (nSPS) is 10.9. The van der Waals surface area contributed by atoms with Gasteiger partial charge in [0, 0.05) is 36.4 Å². The lowest BCUT2D eigenvalue weighted by Gasteiger charge is -2.18. The van der Waals surface area contributed by atoms with Gasteiger partial charge in [-0.2, -0.15) is 0 Å². The van der Waals surface area contributed by atoms with E-state index in [0.29, 0.717) is 0 Å². The summed E-state index contributed by atoms with van der Waals surface area (Å²) in [7, 11) is 5.50. The van der Waals surface area contributed by atoms with Crippen molar-refractivity contribution in [1.29, 1.82) is 0 Å². The third-order valence-electron chi connectivity index (χ3n) is 4.69. The molecule has 0 atom stereocenters. The molecule has 130 valence electrons. The largest absolute Gasteiger partial charge is 0.497 e. The fourth-order valence-corrected chi connectivity index (χ4v) is 3.31. The first kappa shape index (κ1) is 17.1. The molecule has 1 amide bonds. The highest BCUT2D eigenvalue weighted by Crippen LogP contribution is 2.29. The molecule has 0 N–H and O–H groups in total. The van der Waals surface area contributed by atoms with Crippen molar-refractivity contribution in [2.45, 2.75) is 19.8 Å². The molecule has 0 saturated heterocycles. The summed E-state index contributed by atoms with van der Waals surface area (Å²) in [6.07, 6.45) is 1.87. The number of para-hydroxylation sites is 1. The number of rotatable bonds is 5. The minimum absolute atomic E-state index is 0.0189. The molecule has 3 rings (SSSR count). The number of benzene rings is 2. The molecule has 0 aliphatic heterocycles. The van der Waals surface area contributed by atoms with Crippen LogP contribution in [0, 0.1) is 0 Å². The molecule has 0 bridgehead atoms. The quantitative estimate of drug-likeness (QED) is 0.691. The molecule has 0 spiro atoms. The van der Waals surface area contributed by atoms with Gasteiger partial charge in [0.25, 0.3) is 5.91 Å². The summed E-state index contributed by atoms with van der Waals surface area (Å²) in [5.41, 5.74) is 3.84. The summed E-state index contributed by atoms with van der Waals surface area (Å²) in [5, 5.41) is 1.01. The van der Waals surface area contributed by atoms with Crippen LogP contribution in [0.1, 0.15) is 29.4 Å². The molecule has 0 fully saturated rings. The van der Waals surface area contributed by atoms with Crippen molar-refractivity contribution in [3.8, 4) is 5.75 Å². The number of carbonyl (C=O) groups is 1. The lowest BCUT2D eigenvalue weighted by Crippen LogP contribution is -2.27. The van der Waals surface area contributed by atoms with Crippen molar-refractivity contribution < 1.29 is 9.53 Å². The van der Waals surface area contributed by atoms with Gasteiger partial charge in [-0.15, -0.1) is 0 Å². The fourth-order valence-electron chi connectivity index (χ4n) is 3.31. The van der Waals surface area contributed by atoms with Gasteiger partial charge in [0.2, 0.25) is 0 Å². The van der Waals surface area contributed by atoms with Gasteiger partial charge in [-0.3, -0.25) is 4.79 Å². The molecular weight excluding hydrogens is 312 g/mol. The molecule has 0 saturated carbocycles. The van der Waals surface area contributed by atoms with Crippen LogP contribution in [-0.4, -0.2) is 24.6 Å². The molecule has 2 aromatic carbocycles. The van der Waals surface area contributed by atoms with Crippen molar-refractivity contribution in [3.63, 3.8) is 0 Å². The molecule has 0 aliphatic carbocycles. The minimum atomic E-state index is 0.0189. The number of aryl methyl sites for hydroxylation is 1. The topological polar surface area (TPSA) is 34.5 Å². The molecule has 1 heterocycles. The summed E-state index contributed by atoms with van der Waals surface area (Å²) in [6, 6.07) is 15.6. The number of methoxy groups -OCH3 is 1. The Balaban J connectivity index is 2.07. The van der Waals surface area contributed by atoms with E-state index in [0.717, 1.165) is 46.4 Å². The van der Waals surface area contributed by atoms with E-state index in [4.69, 9.17) is 4.74 Å². The zero-order valence-electron chi connectivity index (χ0n) is 15.2. The van der Waals surface area contributed by atoms with Crippen LogP contribution in [0.2, 0.25) is 0 Å². The number of carbonyl (C=O) groups excluding carboxylic acids is 1. The Bertz CT molecular complexity index is 894. The van der Waals surface area contributed by atoms with Crippen LogP contribution in [-0.2, 0) is 13.5 Å². The van der Waals surface area contributed by atoms with Crippen LogP contribution in [0.15, 0.2) is 48.5 Å². The molecule has 4 nitrogen and oxygen atoms in total. The van der Waals surface area contributed by atoms with Crippen LogP contribution in [0.4, 0.5) is 5.69 Å². The highest BCUT2D eigenvalue weighted by Gasteiger charge is 2.23. The van der Waals surface area contributed by atoms with E-state index in [9.17, 15) is 4.79 Å². The summed E-state index contributed by atoms with van der Waals surface area (Å²) < 4.78 is 7.35. The Morgan fingerprint density at radius 2 is 1.80 bits per heavy atom. The average molecular weight is 336 g/mol. The van der Waals surface area contributed by atoms with E-state index >= 15 is 0 Å². The lowest BCUT2D eigenvalue weighted by molar-refractivity contribution is 0.0993. The molecule has 25 heavy (non-hydrogen) atoms. The number of hydrogen-bond donors (Lipinski definition) is 0. The van der Waals surface area contributed by atoms with E-state index in [1.54, 1.807) is 12.0 Å². The zero-order chi connectivity index (χ0) is 18.0. The summed E-state index contributed by atoms with van der Waals surface area (Å²) in [6.45, 7) is 2.14. The van der Waals surface area contributed by atoms with E-state index < -0.39 is 0 Å². The highest BCUT2D eigenvalue weighted by atomic mass is 16.5. The van der Waals surface area contributed by atoms with Crippen LogP contribution in [0.5, 0.6) is 5.75 Å². The van der Waals surface area contributed by atoms with E-state index in [1.165, 1.54) is 0 Å². The van der Waals surface area contributed by atoms with Crippen LogP contribution in [0.3, 0.4) is 0 Å². The third-order valence-corrected chi connectivity index (χ3v) is 4.69. The van der Waals surface area contributed by atoms with Crippen LogP contribution >= 0.6 is 0 Å². The summed E-state index contributed by atoms with van der Waals surface area (Å²) in [5.74, 6) is 0.798. The first-order valence-electron chi connectivity index (χ1n) is 8.56. The predicted octanol–water partition coefficient (Wildman–Crippen LogP) is 4.42. The standard InChI is InChI=1S/C21H24N2O2/c1-5-8-19-20(17-9-6-7-10-18(17)23(19)3)21(24)22(2)15-11-13-16(25-4)14-12-15/h6-7,9-14H,5,8H2,1-4H3. The monoisotopic (exact) mass is 336 g/mol. The number of ether oxygens (including phenoxy) is 1. The van der Waals surface area contributed by atoms with Gasteiger partial charge in [-0.25, -0.2) is 0 Å². The zero-order valence-corrected chi connectivity index (χ0v) is 15.2. The summed E-state index contributed by atoms with van der Waals surface area (Å²) in [4.78, 5) is 15.0. The molecule has 3 aromatic rings. The predicted molar refractivity (Wildman–Crippen MR) is 103 cm³/mol. The second-order valence-corrected chi connectivity index (χ2v) is 6.21. The van der Waals surface area contributed by atoms with Gasteiger partial charge < -0.3 is 14.2 Å². The van der Waals surface area contributed by atoms with E-state index in [2.05, 4.69) is 17.6 Å². The molecule has 1 aromatic heterocycles. The number of hydrogen-bond acceptors (Lipinski definition) is 2. The van der Waals surface area contributed by atoms with Crippen molar-refractivity contribution in [2.75, 3.05) is 19.1 Å². The second kappa shape index (κ2) is 7.01. The number of anilines is 1. The molecule has 0 radical (unpaired) electrons. The Kier molecular flexibility index (Phi) is 4.79. The first-order valence-corrected chi connectivity index (χ1v) is 8.56. The van der Waals surface area contributed by atoms with Gasteiger partial charge in [0.1, 0.15) is 5.75 Å². The lowest BCUT2D eigenvalue weighted by atomic mass is 10.1. The molecule has 0 aliphatic rings. The van der Waals surface area contributed by atoms with E-state index in [1.807, 2.05) is 56.6 Å².